The molecule has 1 heterocycles. The first-order valence-corrected chi connectivity index (χ1v) is 9.54. The van der Waals surface area contributed by atoms with Crippen LogP contribution in [0.1, 0.15) is 38.7 Å². The second kappa shape index (κ2) is 4.83. The predicted octanol–water partition coefficient (Wildman–Crippen LogP) is 2.87. The van der Waals surface area contributed by atoms with E-state index < -0.39 is 9.53 Å². The number of nitrogen functional groups attached to an aromatic ring is 1. The molecule has 3 N–H and O–H groups in total. The van der Waals surface area contributed by atoms with Gasteiger partial charge in [0, 0.05) is 24.0 Å². The van der Waals surface area contributed by atoms with Gasteiger partial charge in [-0.1, -0.05) is 18.6 Å². The van der Waals surface area contributed by atoms with Crippen LogP contribution in [0.25, 0.3) is 0 Å². The third kappa shape index (κ3) is 3.22. The van der Waals surface area contributed by atoms with Gasteiger partial charge < -0.3 is 5.73 Å². The zero-order chi connectivity index (χ0) is 15.0. The standard InChI is InChI=1S/C15H26N2O2S/c1-15(2)9-4-5-10-17(15)20(3,18,19)12-13-7-6-8-14(16)11-13/h6-8,11H,4-5,9-10,12,16H2,1-3H3,(H,18,19). The quantitative estimate of drug-likeness (QED) is 0.843. The third-order valence-corrected chi connectivity index (χ3v) is 6.89. The molecule has 1 aromatic carbocycles. The van der Waals surface area contributed by atoms with Gasteiger partial charge in [0.1, 0.15) is 0 Å². The van der Waals surface area contributed by atoms with E-state index in [1.54, 1.807) is 12.1 Å². The van der Waals surface area contributed by atoms with Crippen molar-refractivity contribution in [1.29, 1.82) is 0 Å². The van der Waals surface area contributed by atoms with Crippen LogP contribution in [-0.2, 0) is 15.3 Å². The van der Waals surface area contributed by atoms with E-state index in [4.69, 9.17) is 5.73 Å². The van der Waals surface area contributed by atoms with Crippen molar-refractivity contribution in [3.8, 4) is 0 Å². The minimum Gasteiger partial charge on any atom is -0.399 e. The molecular weight excluding hydrogens is 272 g/mol. The van der Waals surface area contributed by atoms with Gasteiger partial charge in [-0.25, -0.2) is 4.31 Å². The zero-order valence-electron chi connectivity index (χ0n) is 12.6. The molecule has 0 bridgehead atoms. The van der Waals surface area contributed by atoms with Crippen molar-refractivity contribution in [3.05, 3.63) is 29.8 Å². The molecule has 0 atom stereocenters. The van der Waals surface area contributed by atoms with E-state index in [1.807, 2.05) is 16.4 Å². The first kappa shape index (κ1) is 15.5. The molecule has 0 aliphatic carbocycles. The lowest BCUT2D eigenvalue weighted by Gasteiger charge is -2.57. The number of hydrogen-bond donors (Lipinski definition) is 2. The van der Waals surface area contributed by atoms with Crippen molar-refractivity contribution in [3.63, 3.8) is 0 Å². The van der Waals surface area contributed by atoms with E-state index >= 15 is 0 Å². The van der Waals surface area contributed by atoms with Gasteiger partial charge in [-0.15, -0.1) is 9.53 Å². The monoisotopic (exact) mass is 298 g/mol. The highest BCUT2D eigenvalue weighted by molar-refractivity contribution is 8.11. The Bertz CT molecular complexity index is 563. The summed E-state index contributed by atoms with van der Waals surface area (Å²) < 4.78 is 26.0. The Morgan fingerprint density at radius 1 is 1.40 bits per heavy atom. The lowest BCUT2D eigenvalue weighted by Crippen LogP contribution is -2.61. The highest BCUT2D eigenvalue weighted by Gasteiger charge is 2.42. The Hall–Kier alpha value is -0.910. The fourth-order valence-corrected chi connectivity index (χ4v) is 6.31. The highest BCUT2D eigenvalue weighted by Crippen LogP contribution is 2.40. The Labute approximate surface area is 121 Å². The van der Waals surface area contributed by atoms with Crippen molar-refractivity contribution < 1.29 is 8.76 Å². The van der Waals surface area contributed by atoms with Gasteiger partial charge in [0.05, 0.1) is 5.75 Å². The first-order valence-electron chi connectivity index (χ1n) is 7.09. The lowest BCUT2D eigenvalue weighted by molar-refractivity contribution is 0.154. The molecule has 1 aliphatic heterocycles. The molecule has 1 aliphatic rings. The Morgan fingerprint density at radius 2 is 2.10 bits per heavy atom. The fourth-order valence-electron chi connectivity index (χ4n) is 3.25. The largest absolute Gasteiger partial charge is 0.399 e. The molecule has 0 spiro atoms. The van der Waals surface area contributed by atoms with Crippen LogP contribution in [0.2, 0.25) is 0 Å². The predicted molar refractivity (Wildman–Crippen MR) is 85.9 cm³/mol. The molecule has 0 saturated carbocycles. The molecular formula is C15H26N2O2S. The molecule has 0 aromatic heterocycles. The second-order valence-corrected chi connectivity index (χ2v) is 10.3. The molecule has 0 radical (unpaired) electrons. The van der Waals surface area contributed by atoms with Crippen LogP contribution >= 0.6 is 0 Å². The van der Waals surface area contributed by atoms with Gasteiger partial charge in [0.15, 0.2) is 0 Å². The number of benzene rings is 1. The maximum atomic E-state index is 13.3. The molecule has 4 nitrogen and oxygen atoms in total. The Kier molecular flexibility index (Phi) is 3.73. The molecule has 1 saturated heterocycles. The molecule has 114 valence electrons. The normalized spacial score (nSPS) is 22.1. The van der Waals surface area contributed by atoms with Crippen molar-refractivity contribution >= 4 is 15.2 Å². The number of nitrogens with zero attached hydrogens (tertiary/aromatic N) is 1. The van der Waals surface area contributed by atoms with Crippen LogP contribution in [0.4, 0.5) is 5.69 Å². The fraction of sp³-hybridized carbons (Fsp3) is 0.600. The van der Waals surface area contributed by atoms with E-state index in [-0.39, 0.29) is 11.3 Å². The summed E-state index contributed by atoms with van der Waals surface area (Å²) in [6.07, 6.45) is 4.54. The van der Waals surface area contributed by atoms with Crippen LogP contribution in [0.5, 0.6) is 0 Å². The molecule has 20 heavy (non-hydrogen) atoms. The SMILES string of the molecule is CC1(C)CCCCN1S(C)(=O)(O)Cc1cccc(N)c1. The summed E-state index contributed by atoms with van der Waals surface area (Å²) >= 11 is 0. The average molecular weight is 298 g/mol. The maximum absolute atomic E-state index is 13.3. The van der Waals surface area contributed by atoms with Crippen LogP contribution in [0, 0.1) is 0 Å². The minimum absolute atomic E-state index is 0.131. The summed E-state index contributed by atoms with van der Waals surface area (Å²) in [6.45, 7) is 4.78. The molecule has 1 fully saturated rings. The van der Waals surface area contributed by atoms with Crippen molar-refractivity contribution in [2.24, 2.45) is 0 Å². The summed E-state index contributed by atoms with van der Waals surface area (Å²) in [6, 6.07) is 7.26. The van der Waals surface area contributed by atoms with Crippen molar-refractivity contribution in [2.75, 3.05) is 18.5 Å². The first-order chi connectivity index (χ1) is 9.09. The van der Waals surface area contributed by atoms with E-state index in [0.717, 1.165) is 24.8 Å². The molecule has 2 rings (SSSR count). The maximum Gasteiger partial charge on any atom is 0.0728 e. The smallest absolute Gasteiger partial charge is 0.0728 e. The zero-order valence-corrected chi connectivity index (χ0v) is 13.4. The summed E-state index contributed by atoms with van der Waals surface area (Å²) in [4.78, 5) is 0. The van der Waals surface area contributed by atoms with E-state index in [9.17, 15) is 8.76 Å². The number of nitrogens with two attached hydrogens (primary N) is 1. The van der Waals surface area contributed by atoms with Crippen molar-refractivity contribution in [1.82, 2.24) is 4.31 Å². The molecule has 1 aromatic rings. The Balaban J connectivity index is 2.33. The van der Waals surface area contributed by atoms with Crippen LogP contribution in [0.15, 0.2) is 24.3 Å². The molecule has 0 amide bonds. The summed E-state index contributed by atoms with van der Waals surface area (Å²) in [5, 5.41) is 0. The van der Waals surface area contributed by atoms with E-state index in [1.165, 1.54) is 6.26 Å². The van der Waals surface area contributed by atoms with Gasteiger partial charge in [-0.2, -0.15) is 4.21 Å². The van der Waals surface area contributed by atoms with E-state index in [2.05, 4.69) is 13.8 Å². The highest BCUT2D eigenvalue weighted by atomic mass is 32.3. The Morgan fingerprint density at radius 3 is 2.70 bits per heavy atom. The number of anilines is 1. The van der Waals surface area contributed by atoms with Gasteiger partial charge in [0.25, 0.3) is 0 Å². The number of hydrogen-bond acceptors (Lipinski definition) is 2. The van der Waals surface area contributed by atoms with Crippen LogP contribution < -0.4 is 5.73 Å². The average Bonchev–Trinajstić information content (AvgIpc) is 2.26. The number of rotatable bonds is 3. The van der Waals surface area contributed by atoms with Gasteiger partial charge in [-0.05, 0) is 44.4 Å². The second-order valence-electron chi connectivity index (χ2n) is 6.69. The minimum atomic E-state index is -3.88. The third-order valence-electron chi connectivity index (χ3n) is 4.09. The van der Waals surface area contributed by atoms with Crippen molar-refractivity contribution in [2.45, 2.75) is 44.4 Å². The lowest BCUT2D eigenvalue weighted by atomic mass is 9.93. The summed E-state index contributed by atoms with van der Waals surface area (Å²) in [5.74, 6) is 0.131. The summed E-state index contributed by atoms with van der Waals surface area (Å²) in [5.41, 5.74) is 6.96. The van der Waals surface area contributed by atoms with Gasteiger partial charge in [0.2, 0.25) is 0 Å². The van der Waals surface area contributed by atoms with E-state index in [0.29, 0.717) is 12.2 Å². The van der Waals surface area contributed by atoms with Crippen LogP contribution in [0.3, 0.4) is 0 Å². The van der Waals surface area contributed by atoms with Gasteiger partial charge >= 0.3 is 0 Å². The summed E-state index contributed by atoms with van der Waals surface area (Å²) in [7, 11) is -3.88. The topological polar surface area (TPSA) is 66.6 Å². The molecule has 0 unspecified atom stereocenters. The number of piperidine rings is 1. The van der Waals surface area contributed by atoms with Crippen LogP contribution in [-0.4, -0.2) is 31.4 Å². The van der Waals surface area contributed by atoms with Gasteiger partial charge in [-0.3, -0.25) is 4.55 Å². The molecule has 5 heteroatoms.